The van der Waals surface area contributed by atoms with E-state index in [0.717, 1.165) is 12.8 Å². The zero-order chi connectivity index (χ0) is 18.7. The number of rotatable bonds is 5. The van der Waals surface area contributed by atoms with E-state index in [1.807, 2.05) is 25.1 Å². The first-order chi connectivity index (χ1) is 12.5. The van der Waals surface area contributed by atoms with E-state index in [2.05, 4.69) is 22.4 Å². The molecule has 1 amide bonds. The summed E-state index contributed by atoms with van der Waals surface area (Å²) in [5.41, 5.74) is 3.48. The predicted octanol–water partition coefficient (Wildman–Crippen LogP) is 2.99. The van der Waals surface area contributed by atoms with Crippen molar-refractivity contribution in [2.75, 3.05) is 0 Å². The molecule has 1 unspecified atom stereocenters. The van der Waals surface area contributed by atoms with Gasteiger partial charge in [0.05, 0.1) is 11.0 Å². The van der Waals surface area contributed by atoms with Crippen LogP contribution in [0.4, 0.5) is 0 Å². The van der Waals surface area contributed by atoms with Crippen LogP contribution in [0.5, 0.6) is 0 Å². The second kappa shape index (κ2) is 7.52. The van der Waals surface area contributed by atoms with Gasteiger partial charge in [0.2, 0.25) is 0 Å². The van der Waals surface area contributed by atoms with Crippen LogP contribution in [0, 0.1) is 6.92 Å². The highest BCUT2D eigenvalue weighted by Crippen LogP contribution is 2.13. The quantitative estimate of drug-likeness (QED) is 0.770. The van der Waals surface area contributed by atoms with Crippen LogP contribution in [0.25, 0.3) is 11.0 Å². The van der Waals surface area contributed by atoms with Gasteiger partial charge in [-0.2, -0.15) is 0 Å². The number of nitrogens with one attached hydrogen (secondary N) is 1. The van der Waals surface area contributed by atoms with Crippen molar-refractivity contribution in [3.05, 3.63) is 75.7 Å². The molecule has 0 radical (unpaired) electrons. The summed E-state index contributed by atoms with van der Waals surface area (Å²) in [5, 5.41) is 3.04. The van der Waals surface area contributed by atoms with Crippen molar-refractivity contribution in [1.82, 2.24) is 14.9 Å². The molecule has 5 nitrogen and oxygen atoms in total. The maximum Gasteiger partial charge on any atom is 0.272 e. The van der Waals surface area contributed by atoms with E-state index >= 15 is 0 Å². The molecule has 1 aromatic heterocycles. The molecule has 0 bridgehead atoms. The number of hydrogen-bond donors (Lipinski definition) is 1. The van der Waals surface area contributed by atoms with E-state index in [1.165, 1.54) is 5.56 Å². The Labute approximate surface area is 152 Å². The van der Waals surface area contributed by atoms with Crippen LogP contribution in [0.1, 0.15) is 35.0 Å². The molecule has 5 heteroatoms. The summed E-state index contributed by atoms with van der Waals surface area (Å²) in [4.78, 5) is 28.8. The summed E-state index contributed by atoms with van der Waals surface area (Å²) < 4.78 is 1.56. The Morgan fingerprint density at radius 1 is 1.19 bits per heavy atom. The highest BCUT2D eigenvalue weighted by Gasteiger charge is 2.12. The zero-order valence-electron chi connectivity index (χ0n) is 15.3. The lowest BCUT2D eigenvalue weighted by Gasteiger charge is -2.14. The van der Waals surface area contributed by atoms with Crippen LogP contribution in [0.2, 0.25) is 0 Å². The molecule has 1 N–H and O–H groups in total. The Balaban J connectivity index is 1.71. The summed E-state index contributed by atoms with van der Waals surface area (Å²) in [6.07, 6.45) is 1.79. The van der Waals surface area contributed by atoms with Crippen molar-refractivity contribution in [3.8, 4) is 0 Å². The SMILES string of the molecule is Cc1nc2cc(C(=O)NC(C)CCc3ccccc3)ccc2n(C)c1=O. The second-order valence-electron chi connectivity index (χ2n) is 6.66. The lowest BCUT2D eigenvalue weighted by Crippen LogP contribution is -2.33. The Bertz CT molecular complexity index is 993. The molecule has 26 heavy (non-hydrogen) atoms. The molecule has 0 fully saturated rings. The third kappa shape index (κ3) is 3.82. The minimum absolute atomic E-state index is 0.0632. The molecule has 0 saturated heterocycles. The highest BCUT2D eigenvalue weighted by molar-refractivity contribution is 5.97. The van der Waals surface area contributed by atoms with Gasteiger partial charge < -0.3 is 9.88 Å². The van der Waals surface area contributed by atoms with Gasteiger partial charge >= 0.3 is 0 Å². The van der Waals surface area contributed by atoms with E-state index in [9.17, 15) is 9.59 Å². The fourth-order valence-electron chi connectivity index (χ4n) is 3.03. The van der Waals surface area contributed by atoms with E-state index in [-0.39, 0.29) is 17.5 Å². The Kier molecular flexibility index (Phi) is 5.16. The molecule has 1 heterocycles. The molecule has 0 aliphatic heterocycles. The number of hydrogen-bond acceptors (Lipinski definition) is 3. The van der Waals surface area contributed by atoms with Crippen LogP contribution >= 0.6 is 0 Å². The Morgan fingerprint density at radius 3 is 2.65 bits per heavy atom. The van der Waals surface area contributed by atoms with Crippen molar-refractivity contribution in [3.63, 3.8) is 0 Å². The molecule has 0 spiro atoms. The first-order valence-corrected chi connectivity index (χ1v) is 8.78. The van der Waals surface area contributed by atoms with Crippen molar-refractivity contribution in [2.24, 2.45) is 7.05 Å². The van der Waals surface area contributed by atoms with Gasteiger partial charge in [0.15, 0.2) is 0 Å². The predicted molar refractivity (Wildman–Crippen MR) is 103 cm³/mol. The van der Waals surface area contributed by atoms with Crippen molar-refractivity contribution < 1.29 is 4.79 Å². The van der Waals surface area contributed by atoms with Gasteiger partial charge in [0.1, 0.15) is 5.69 Å². The summed E-state index contributed by atoms with van der Waals surface area (Å²) in [5.74, 6) is -0.124. The minimum Gasteiger partial charge on any atom is -0.350 e. The fourth-order valence-corrected chi connectivity index (χ4v) is 3.03. The maximum absolute atomic E-state index is 12.5. The number of nitrogens with zero attached hydrogens (tertiary/aromatic N) is 2. The second-order valence-corrected chi connectivity index (χ2v) is 6.66. The van der Waals surface area contributed by atoms with Gasteiger partial charge in [-0.15, -0.1) is 0 Å². The van der Waals surface area contributed by atoms with E-state index < -0.39 is 0 Å². The van der Waals surface area contributed by atoms with Gasteiger partial charge in [-0.3, -0.25) is 9.59 Å². The summed E-state index contributed by atoms with van der Waals surface area (Å²) in [6, 6.07) is 15.5. The number of fused-ring (bicyclic) bond motifs is 1. The molecule has 3 rings (SSSR count). The normalized spacial score (nSPS) is 12.1. The molecule has 2 aromatic carbocycles. The van der Waals surface area contributed by atoms with Crippen LogP contribution < -0.4 is 10.9 Å². The van der Waals surface area contributed by atoms with Gasteiger partial charge in [0, 0.05) is 18.7 Å². The van der Waals surface area contributed by atoms with E-state index in [1.54, 1.807) is 36.7 Å². The summed E-state index contributed by atoms with van der Waals surface area (Å²) >= 11 is 0. The van der Waals surface area contributed by atoms with E-state index in [4.69, 9.17) is 0 Å². The number of aryl methyl sites for hydroxylation is 3. The summed E-state index contributed by atoms with van der Waals surface area (Å²) in [6.45, 7) is 3.69. The lowest BCUT2D eigenvalue weighted by molar-refractivity contribution is 0.0938. The van der Waals surface area contributed by atoms with Crippen LogP contribution in [-0.4, -0.2) is 21.5 Å². The number of carbonyl (C=O) groups excluding carboxylic acids is 1. The van der Waals surface area contributed by atoms with Crippen molar-refractivity contribution >= 4 is 16.9 Å². The Hall–Kier alpha value is -2.95. The molecule has 0 aliphatic carbocycles. The number of aromatic nitrogens is 2. The first-order valence-electron chi connectivity index (χ1n) is 8.78. The first kappa shape index (κ1) is 17.9. The van der Waals surface area contributed by atoms with Crippen LogP contribution in [-0.2, 0) is 13.5 Å². The molecule has 0 aliphatic rings. The molecule has 1 atom stereocenters. The molecular weight excluding hydrogens is 326 g/mol. The number of carbonyl (C=O) groups is 1. The topological polar surface area (TPSA) is 64.0 Å². The molecule has 3 aromatic rings. The largest absolute Gasteiger partial charge is 0.350 e. The monoisotopic (exact) mass is 349 g/mol. The third-order valence-electron chi connectivity index (χ3n) is 4.59. The van der Waals surface area contributed by atoms with E-state index in [0.29, 0.717) is 22.3 Å². The molecular formula is C21H23N3O2. The number of benzene rings is 2. The molecule has 0 saturated carbocycles. The van der Waals surface area contributed by atoms with Crippen LogP contribution in [0.3, 0.4) is 0 Å². The zero-order valence-corrected chi connectivity index (χ0v) is 15.3. The Morgan fingerprint density at radius 2 is 1.92 bits per heavy atom. The van der Waals surface area contributed by atoms with Crippen molar-refractivity contribution in [2.45, 2.75) is 32.7 Å². The molecule has 134 valence electrons. The van der Waals surface area contributed by atoms with Gasteiger partial charge in [-0.05, 0) is 50.5 Å². The fraction of sp³-hybridized carbons (Fsp3) is 0.286. The standard InChI is InChI=1S/C21H23N3O2/c1-14(9-10-16-7-5-4-6-8-16)22-20(25)17-11-12-19-18(13-17)23-15(2)21(26)24(19)3/h4-8,11-14H,9-10H2,1-3H3,(H,22,25). The average Bonchev–Trinajstić information content (AvgIpc) is 2.65. The maximum atomic E-state index is 12.5. The third-order valence-corrected chi connectivity index (χ3v) is 4.59. The average molecular weight is 349 g/mol. The lowest BCUT2D eigenvalue weighted by atomic mass is 10.1. The highest BCUT2D eigenvalue weighted by atomic mass is 16.1. The minimum atomic E-state index is -0.124. The summed E-state index contributed by atoms with van der Waals surface area (Å²) in [7, 11) is 1.71. The van der Waals surface area contributed by atoms with Crippen LogP contribution in [0.15, 0.2) is 53.3 Å². The van der Waals surface area contributed by atoms with Crippen molar-refractivity contribution in [1.29, 1.82) is 0 Å². The van der Waals surface area contributed by atoms with Gasteiger partial charge in [0.25, 0.3) is 11.5 Å². The smallest absolute Gasteiger partial charge is 0.272 e. The number of amides is 1. The van der Waals surface area contributed by atoms with Gasteiger partial charge in [-0.25, -0.2) is 4.98 Å². The van der Waals surface area contributed by atoms with Gasteiger partial charge in [-0.1, -0.05) is 30.3 Å².